The van der Waals surface area contributed by atoms with Gasteiger partial charge in [-0.25, -0.2) is 14.8 Å². The van der Waals surface area contributed by atoms with Gasteiger partial charge in [0.25, 0.3) is 0 Å². The summed E-state index contributed by atoms with van der Waals surface area (Å²) in [6.45, 7) is 2.57. The summed E-state index contributed by atoms with van der Waals surface area (Å²) in [6.07, 6.45) is -2.33. The van der Waals surface area contributed by atoms with Crippen molar-refractivity contribution in [2.75, 3.05) is 44.4 Å². The molecule has 2 aliphatic heterocycles. The quantitative estimate of drug-likeness (QED) is 0.643. The maximum Gasteiger partial charge on any atom is 0.490 e. The van der Waals surface area contributed by atoms with Crippen LogP contribution in [-0.2, 0) is 26.3 Å². The lowest BCUT2D eigenvalue weighted by molar-refractivity contribution is -0.192. The first-order valence-electron chi connectivity index (χ1n) is 10.4. The normalized spacial score (nSPS) is 19.3. The number of hydrogen-bond donors (Lipinski definition) is 1. The number of aromatic nitrogens is 2. The summed E-state index contributed by atoms with van der Waals surface area (Å²) in [5.41, 5.74) is 1.88. The number of alkyl halides is 3. The molecule has 34 heavy (non-hydrogen) atoms. The molecule has 0 aliphatic carbocycles. The number of halogens is 3. The Balaban J connectivity index is 0.000000406. The van der Waals surface area contributed by atoms with Gasteiger partial charge in [0.15, 0.2) is 0 Å². The number of thioether (sulfide) groups is 1. The van der Waals surface area contributed by atoms with Gasteiger partial charge in [-0.2, -0.15) is 13.2 Å². The van der Waals surface area contributed by atoms with Gasteiger partial charge in [-0.3, -0.25) is 4.79 Å². The van der Waals surface area contributed by atoms with Gasteiger partial charge >= 0.3 is 12.1 Å². The van der Waals surface area contributed by atoms with Gasteiger partial charge in [0.1, 0.15) is 0 Å². The first-order valence-corrected chi connectivity index (χ1v) is 11.4. The number of amides is 1. The highest BCUT2D eigenvalue weighted by Gasteiger charge is 2.46. The summed E-state index contributed by atoms with van der Waals surface area (Å²) in [6, 6.07) is 10.1. The fourth-order valence-corrected chi connectivity index (χ4v) is 4.57. The lowest BCUT2D eigenvalue weighted by Gasteiger charge is -2.34. The van der Waals surface area contributed by atoms with E-state index >= 15 is 0 Å². The van der Waals surface area contributed by atoms with Crippen LogP contribution in [0.5, 0.6) is 0 Å². The molecular weight excluding hydrogens is 473 g/mol. The maximum atomic E-state index is 12.8. The molecule has 8 nitrogen and oxygen atoms in total. The fraction of sp³-hybridized carbons (Fsp3) is 0.455. The molecule has 0 bridgehead atoms. The number of ether oxygens (including phenoxy) is 1. The third-order valence-corrected chi connectivity index (χ3v) is 6.44. The largest absolute Gasteiger partial charge is 0.490 e. The molecule has 1 fully saturated rings. The van der Waals surface area contributed by atoms with Crippen LogP contribution in [0.15, 0.2) is 41.4 Å². The predicted molar refractivity (Wildman–Crippen MR) is 120 cm³/mol. The van der Waals surface area contributed by atoms with E-state index < -0.39 is 12.1 Å². The molecule has 0 radical (unpaired) electrons. The zero-order valence-corrected chi connectivity index (χ0v) is 19.5. The lowest BCUT2D eigenvalue weighted by atomic mass is 9.80. The predicted octanol–water partition coefficient (Wildman–Crippen LogP) is 2.97. The van der Waals surface area contributed by atoms with E-state index in [0.717, 1.165) is 29.1 Å². The Morgan fingerprint density at radius 3 is 2.56 bits per heavy atom. The molecule has 2 aliphatic rings. The third kappa shape index (κ3) is 6.17. The highest BCUT2D eigenvalue weighted by atomic mass is 32.2. The van der Waals surface area contributed by atoms with E-state index in [-0.39, 0.29) is 11.3 Å². The summed E-state index contributed by atoms with van der Waals surface area (Å²) in [5, 5.41) is 7.12. The molecule has 3 heterocycles. The molecule has 184 valence electrons. The van der Waals surface area contributed by atoms with Crippen LogP contribution >= 0.6 is 11.8 Å². The summed E-state index contributed by atoms with van der Waals surface area (Å²) < 4.78 is 37.6. The number of fused-ring (bicyclic) bond motifs is 2. The Hall–Kier alpha value is -2.86. The van der Waals surface area contributed by atoms with Crippen molar-refractivity contribution >= 4 is 29.6 Å². The van der Waals surface area contributed by atoms with Crippen LogP contribution in [0.4, 0.5) is 19.1 Å². The molecule has 1 aromatic heterocycles. The number of rotatable bonds is 4. The summed E-state index contributed by atoms with van der Waals surface area (Å²) in [5.74, 6) is -1.41. The monoisotopic (exact) mass is 498 g/mol. The number of nitrogens with zero attached hydrogens (tertiary/aromatic N) is 4. The Bertz CT molecular complexity index is 1020. The number of likely N-dealkylation sites (tertiary alicyclic amines) is 1. The molecule has 1 unspecified atom stereocenters. The first kappa shape index (κ1) is 25.8. The molecule has 12 heteroatoms. The van der Waals surface area contributed by atoms with Crippen LogP contribution in [0.1, 0.15) is 17.7 Å². The Morgan fingerprint density at radius 1 is 1.26 bits per heavy atom. The summed E-state index contributed by atoms with van der Waals surface area (Å²) >= 11 is 1.59. The van der Waals surface area contributed by atoms with Crippen LogP contribution in [0, 0.1) is 0 Å². The van der Waals surface area contributed by atoms with E-state index in [1.54, 1.807) is 11.8 Å². The van der Waals surface area contributed by atoms with Crippen LogP contribution in [0.25, 0.3) is 0 Å². The minimum atomic E-state index is -5.08. The van der Waals surface area contributed by atoms with Crippen LogP contribution < -0.4 is 4.90 Å². The summed E-state index contributed by atoms with van der Waals surface area (Å²) in [7, 11) is 3.89. The molecular formula is C22H25F3N4O4S. The van der Waals surface area contributed by atoms with E-state index in [0.29, 0.717) is 31.5 Å². The topological polar surface area (TPSA) is 95.9 Å². The second-order valence-electron chi connectivity index (χ2n) is 8.18. The fourth-order valence-electron chi connectivity index (χ4n) is 3.75. The molecule has 0 saturated carbocycles. The van der Waals surface area contributed by atoms with Crippen molar-refractivity contribution in [3.8, 4) is 0 Å². The molecule has 1 N–H and O–H groups in total. The van der Waals surface area contributed by atoms with Crippen molar-refractivity contribution in [2.24, 2.45) is 0 Å². The van der Waals surface area contributed by atoms with Crippen molar-refractivity contribution in [3.63, 3.8) is 0 Å². The number of carbonyl (C=O) groups is 2. The maximum absolute atomic E-state index is 12.8. The number of benzene rings is 1. The average molecular weight is 499 g/mol. The number of aliphatic carboxylic acids is 1. The first-order chi connectivity index (χ1) is 16.0. The third-order valence-electron chi connectivity index (χ3n) is 5.44. The molecule has 1 amide bonds. The van der Waals surface area contributed by atoms with Gasteiger partial charge in [-0.15, -0.1) is 11.8 Å². The molecule has 2 aromatic rings. The average Bonchev–Trinajstić information content (AvgIpc) is 3.22. The van der Waals surface area contributed by atoms with Crippen LogP contribution in [0.3, 0.4) is 0 Å². The van der Waals surface area contributed by atoms with Gasteiger partial charge in [0, 0.05) is 43.8 Å². The van der Waals surface area contributed by atoms with Crippen molar-refractivity contribution in [2.45, 2.75) is 29.5 Å². The number of carbonyl (C=O) groups excluding carboxylic acids is 1. The minimum absolute atomic E-state index is 0.176. The molecule has 1 spiro atoms. The Labute approximate surface area is 199 Å². The smallest absolute Gasteiger partial charge is 0.475 e. The van der Waals surface area contributed by atoms with Crippen molar-refractivity contribution < 1.29 is 32.6 Å². The molecule has 1 atom stereocenters. The zero-order chi connectivity index (χ0) is 24.9. The molecule has 1 aromatic carbocycles. The Kier molecular flexibility index (Phi) is 8.03. The van der Waals surface area contributed by atoms with Crippen molar-refractivity contribution in [1.29, 1.82) is 0 Å². The van der Waals surface area contributed by atoms with Crippen molar-refractivity contribution in [3.05, 3.63) is 47.8 Å². The second-order valence-corrected chi connectivity index (χ2v) is 9.23. The van der Waals surface area contributed by atoms with Gasteiger partial charge in [-0.1, -0.05) is 18.2 Å². The summed E-state index contributed by atoms with van der Waals surface area (Å²) in [4.78, 5) is 35.9. The molecule has 1 saturated heterocycles. The van der Waals surface area contributed by atoms with Gasteiger partial charge < -0.3 is 19.6 Å². The standard InChI is InChI=1S/C20H24N4O2S.C2HF3O2/c1-23(2)19-21-10-15-11-26-14-20(18(15)22-19)8-9-24(13-20)17(25)12-27-16-6-4-3-5-7-16;3-2(4,5)1(6)7/h3-7,10H,8-9,11-14H2,1-2H3;(H,6,7). The lowest BCUT2D eigenvalue weighted by Crippen LogP contribution is -2.42. The van der Waals surface area contributed by atoms with E-state index in [1.165, 1.54) is 0 Å². The number of hydrogen-bond acceptors (Lipinski definition) is 7. The zero-order valence-electron chi connectivity index (χ0n) is 18.7. The van der Waals surface area contributed by atoms with E-state index in [2.05, 4.69) is 4.98 Å². The Morgan fingerprint density at radius 2 is 1.94 bits per heavy atom. The highest BCUT2D eigenvalue weighted by molar-refractivity contribution is 8.00. The number of carboxylic acid groups (broad SMARTS) is 1. The van der Waals surface area contributed by atoms with Crippen LogP contribution in [0.2, 0.25) is 0 Å². The number of anilines is 1. The van der Waals surface area contributed by atoms with Gasteiger partial charge in [0.05, 0.1) is 30.1 Å². The van der Waals surface area contributed by atoms with E-state index in [1.807, 2.05) is 60.4 Å². The second kappa shape index (κ2) is 10.6. The minimum Gasteiger partial charge on any atom is -0.475 e. The SMILES string of the molecule is CN(C)c1ncc2c(n1)C1(CCN(C(=O)CSc3ccccc3)C1)COC2.O=C(O)C(F)(F)F. The highest BCUT2D eigenvalue weighted by Crippen LogP contribution is 2.39. The van der Waals surface area contributed by atoms with Gasteiger partial charge in [-0.05, 0) is 18.6 Å². The van der Waals surface area contributed by atoms with Gasteiger partial charge in [0.2, 0.25) is 11.9 Å². The van der Waals surface area contributed by atoms with E-state index in [4.69, 9.17) is 19.6 Å². The van der Waals surface area contributed by atoms with E-state index in [9.17, 15) is 18.0 Å². The van der Waals surface area contributed by atoms with Crippen LogP contribution in [-0.4, -0.2) is 77.6 Å². The molecule has 4 rings (SSSR count). The van der Waals surface area contributed by atoms with Crippen molar-refractivity contribution in [1.82, 2.24) is 14.9 Å². The number of carboxylic acids is 1.